The Morgan fingerprint density at radius 2 is 1.76 bits per heavy atom. The summed E-state index contributed by atoms with van der Waals surface area (Å²) in [4.78, 5) is 4.87. The van der Waals surface area contributed by atoms with E-state index in [0.717, 1.165) is 43.4 Å². The molecule has 3 nitrogen and oxygen atoms in total. The summed E-state index contributed by atoms with van der Waals surface area (Å²) in [6.45, 7) is 4.10. The number of anilines is 1. The van der Waals surface area contributed by atoms with Crippen molar-refractivity contribution < 1.29 is 0 Å². The Morgan fingerprint density at radius 1 is 1.05 bits per heavy atom. The molecular weight excluding hydrogens is 326 g/mol. The molecule has 1 heterocycles. The van der Waals surface area contributed by atoms with Crippen LogP contribution < -0.4 is 11.3 Å². The van der Waals surface area contributed by atoms with Gasteiger partial charge in [-0.3, -0.25) is 5.84 Å². The molecule has 0 bridgehead atoms. The molecule has 2 aromatic carbocycles. The number of pyridine rings is 1. The van der Waals surface area contributed by atoms with Crippen molar-refractivity contribution in [1.29, 1.82) is 0 Å². The van der Waals surface area contributed by atoms with Gasteiger partial charge in [-0.05, 0) is 35.3 Å². The summed E-state index contributed by atoms with van der Waals surface area (Å²) >= 11 is 3.64. The Kier molecular flexibility index (Phi) is 3.66. The molecule has 3 aromatic rings. The van der Waals surface area contributed by atoms with Gasteiger partial charge < -0.3 is 5.43 Å². The smallest absolute Gasteiger partial charge is 0.0875 e. The van der Waals surface area contributed by atoms with Crippen molar-refractivity contribution in [3.63, 3.8) is 0 Å². The van der Waals surface area contributed by atoms with Gasteiger partial charge in [-0.2, -0.15) is 0 Å². The third-order valence-electron chi connectivity index (χ3n) is 3.72. The molecule has 0 aliphatic heterocycles. The number of benzene rings is 2. The van der Waals surface area contributed by atoms with Gasteiger partial charge in [0.25, 0.3) is 0 Å². The van der Waals surface area contributed by atoms with Gasteiger partial charge in [-0.15, -0.1) is 0 Å². The number of nitrogen functional groups attached to an aromatic ring is 1. The maximum absolute atomic E-state index is 5.76. The summed E-state index contributed by atoms with van der Waals surface area (Å²) in [5.74, 6) is 5.76. The summed E-state index contributed by atoms with van der Waals surface area (Å²) < 4.78 is 1.01. The highest BCUT2D eigenvalue weighted by Crippen LogP contribution is 2.36. The normalized spacial score (nSPS) is 10.9. The molecule has 0 fully saturated rings. The van der Waals surface area contributed by atoms with Gasteiger partial charge in [-0.25, -0.2) is 4.98 Å². The van der Waals surface area contributed by atoms with E-state index >= 15 is 0 Å². The van der Waals surface area contributed by atoms with Crippen LogP contribution in [0.5, 0.6) is 0 Å². The highest BCUT2D eigenvalue weighted by Gasteiger charge is 2.15. The topological polar surface area (TPSA) is 50.9 Å². The molecule has 0 aliphatic carbocycles. The van der Waals surface area contributed by atoms with Crippen LogP contribution in [0, 0.1) is 13.8 Å². The highest BCUT2D eigenvalue weighted by atomic mass is 79.9. The second-order valence-electron chi connectivity index (χ2n) is 5.06. The first-order valence-electron chi connectivity index (χ1n) is 6.75. The first kappa shape index (κ1) is 14.0. The molecular formula is C17H16BrN3. The molecule has 1 aromatic heterocycles. The van der Waals surface area contributed by atoms with Gasteiger partial charge in [0.1, 0.15) is 0 Å². The molecule has 0 aliphatic rings. The van der Waals surface area contributed by atoms with Gasteiger partial charge in [0.05, 0.1) is 16.9 Å². The first-order valence-corrected chi connectivity index (χ1v) is 7.54. The number of nitrogens with one attached hydrogen (secondary N) is 1. The lowest BCUT2D eigenvalue weighted by molar-refractivity contribution is 1.27. The zero-order valence-electron chi connectivity index (χ0n) is 11.9. The van der Waals surface area contributed by atoms with E-state index in [1.807, 2.05) is 25.1 Å². The second kappa shape index (κ2) is 5.47. The first-order chi connectivity index (χ1) is 10.1. The summed E-state index contributed by atoms with van der Waals surface area (Å²) in [5.41, 5.74) is 8.91. The van der Waals surface area contributed by atoms with Gasteiger partial charge in [-0.1, -0.05) is 42.5 Å². The summed E-state index contributed by atoms with van der Waals surface area (Å²) in [6, 6.07) is 14.3. The third-order valence-corrected chi connectivity index (χ3v) is 4.72. The number of hydrogen-bond donors (Lipinski definition) is 2. The molecule has 0 radical (unpaired) electrons. The average Bonchev–Trinajstić information content (AvgIpc) is 2.51. The van der Waals surface area contributed by atoms with Crippen LogP contribution in [0.15, 0.2) is 46.9 Å². The fraction of sp³-hybridized carbons (Fsp3) is 0.118. The quantitative estimate of drug-likeness (QED) is 0.530. The number of nitrogens with zero attached hydrogens (tertiary/aromatic N) is 1. The third kappa shape index (κ3) is 2.30. The predicted octanol–water partition coefficient (Wildman–Crippen LogP) is 4.57. The Hall–Kier alpha value is -1.91. The molecule has 0 saturated carbocycles. The number of hydrogen-bond acceptors (Lipinski definition) is 3. The largest absolute Gasteiger partial charge is 0.323 e. The van der Waals surface area contributed by atoms with Crippen LogP contribution in [0.25, 0.3) is 22.2 Å². The summed E-state index contributed by atoms with van der Waals surface area (Å²) in [6.07, 6.45) is 0. The molecule has 4 heteroatoms. The lowest BCUT2D eigenvalue weighted by Gasteiger charge is -2.15. The number of hydrazine groups is 1. The minimum Gasteiger partial charge on any atom is -0.323 e. The number of halogens is 1. The van der Waals surface area contributed by atoms with Crippen molar-refractivity contribution in [2.24, 2.45) is 5.84 Å². The zero-order valence-corrected chi connectivity index (χ0v) is 13.5. The fourth-order valence-corrected chi connectivity index (χ4v) is 2.99. The minimum absolute atomic E-state index is 0.916. The van der Waals surface area contributed by atoms with E-state index < -0.39 is 0 Å². The van der Waals surface area contributed by atoms with Crippen molar-refractivity contribution >= 4 is 32.5 Å². The van der Waals surface area contributed by atoms with Crippen molar-refractivity contribution in [3.05, 3.63) is 58.1 Å². The predicted molar refractivity (Wildman–Crippen MR) is 92.2 cm³/mol. The Labute approximate surface area is 132 Å². The Balaban J connectivity index is 2.42. The van der Waals surface area contributed by atoms with Crippen LogP contribution >= 0.6 is 15.9 Å². The molecule has 106 valence electrons. The van der Waals surface area contributed by atoms with Crippen molar-refractivity contribution in [1.82, 2.24) is 4.98 Å². The minimum atomic E-state index is 0.916. The summed E-state index contributed by atoms with van der Waals surface area (Å²) in [5, 5.41) is 1.02. The summed E-state index contributed by atoms with van der Waals surface area (Å²) in [7, 11) is 0. The molecule has 0 saturated heterocycles. The number of fused-ring (bicyclic) bond motifs is 1. The number of aryl methyl sites for hydroxylation is 1. The van der Waals surface area contributed by atoms with E-state index in [0.29, 0.717) is 0 Å². The average molecular weight is 342 g/mol. The van der Waals surface area contributed by atoms with E-state index in [-0.39, 0.29) is 0 Å². The van der Waals surface area contributed by atoms with Crippen molar-refractivity contribution in [2.45, 2.75) is 13.8 Å². The molecule has 3 rings (SSSR count). The SMILES string of the molecule is Cc1ccc2c(NN)c(C)c(-c3ccccc3)nc2c1Br. The second-order valence-corrected chi connectivity index (χ2v) is 5.86. The van der Waals surface area contributed by atoms with Crippen LogP contribution in [-0.2, 0) is 0 Å². The van der Waals surface area contributed by atoms with Crippen LogP contribution in [0.1, 0.15) is 11.1 Å². The van der Waals surface area contributed by atoms with E-state index in [4.69, 9.17) is 10.8 Å². The highest BCUT2D eigenvalue weighted by molar-refractivity contribution is 9.10. The fourth-order valence-electron chi connectivity index (χ4n) is 2.56. The van der Waals surface area contributed by atoms with Crippen LogP contribution in [0.3, 0.4) is 0 Å². The Bertz CT molecular complexity index is 813. The zero-order chi connectivity index (χ0) is 15.0. The van der Waals surface area contributed by atoms with Crippen molar-refractivity contribution in [2.75, 3.05) is 5.43 Å². The molecule has 21 heavy (non-hydrogen) atoms. The lowest BCUT2D eigenvalue weighted by Crippen LogP contribution is -2.10. The van der Waals surface area contributed by atoms with Gasteiger partial charge >= 0.3 is 0 Å². The Morgan fingerprint density at radius 3 is 2.43 bits per heavy atom. The van der Waals surface area contributed by atoms with Gasteiger partial charge in [0.2, 0.25) is 0 Å². The molecule has 3 N–H and O–H groups in total. The standard InChI is InChI=1S/C17H16BrN3/c1-10-8-9-13-16(21-19)11(2)15(20-17(13)14(10)18)12-6-4-3-5-7-12/h3-9H,19H2,1-2H3,(H,20,21). The molecule has 0 unspecified atom stereocenters. The van der Waals surface area contributed by atoms with E-state index in [2.05, 4.69) is 52.5 Å². The lowest BCUT2D eigenvalue weighted by atomic mass is 10.0. The monoisotopic (exact) mass is 341 g/mol. The molecule has 0 amide bonds. The maximum atomic E-state index is 5.76. The van der Waals surface area contributed by atoms with Gasteiger partial charge in [0, 0.05) is 21.0 Å². The van der Waals surface area contributed by atoms with E-state index in [1.165, 1.54) is 0 Å². The number of aromatic nitrogens is 1. The molecule has 0 atom stereocenters. The molecule has 0 spiro atoms. The van der Waals surface area contributed by atoms with E-state index in [1.54, 1.807) is 0 Å². The van der Waals surface area contributed by atoms with E-state index in [9.17, 15) is 0 Å². The van der Waals surface area contributed by atoms with Gasteiger partial charge in [0.15, 0.2) is 0 Å². The van der Waals surface area contributed by atoms with Crippen LogP contribution in [0.2, 0.25) is 0 Å². The number of rotatable bonds is 2. The van der Waals surface area contributed by atoms with Crippen LogP contribution in [0.4, 0.5) is 5.69 Å². The number of nitrogens with two attached hydrogens (primary N) is 1. The van der Waals surface area contributed by atoms with Crippen molar-refractivity contribution in [3.8, 4) is 11.3 Å². The maximum Gasteiger partial charge on any atom is 0.0875 e. The van der Waals surface area contributed by atoms with Crippen LogP contribution in [-0.4, -0.2) is 4.98 Å².